The van der Waals surface area contributed by atoms with Gasteiger partial charge in [0.05, 0.1) is 12.1 Å². The summed E-state index contributed by atoms with van der Waals surface area (Å²) in [6.45, 7) is -0.107. The van der Waals surface area contributed by atoms with Crippen LogP contribution in [0.5, 0.6) is 0 Å². The normalized spacial score (nSPS) is 11.3. The second kappa shape index (κ2) is 7.18. The molecule has 0 bridgehead atoms. The summed E-state index contributed by atoms with van der Waals surface area (Å²) in [7, 11) is 1.48. The number of hydrogen-bond donors (Lipinski definition) is 1. The van der Waals surface area contributed by atoms with E-state index in [2.05, 4.69) is 9.97 Å². The number of benzene rings is 1. The van der Waals surface area contributed by atoms with Gasteiger partial charge in [0, 0.05) is 22.8 Å². The van der Waals surface area contributed by atoms with Crippen molar-refractivity contribution in [3.8, 4) is 0 Å². The van der Waals surface area contributed by atoms with Crippen molar-refractivity contribution in [1.82, 2.24) is 9.97 Å². The molecule has 0 aliphatic rings. The molecule has 0 unspecified atom stereocenters. The first-order valence-electron chi connectivity index (χ1n) is 7.91. The molecule has 27 heavy (non-hydrogen) atoms. The Hall–Kier alpha value is -2.62. The van der Waals surface area contributed by atoms with Gasteiger partial charge in [-0.25, -0.2) is 14.2 Å². The van der Waals surface area contributed by atoms with Gasteiger partial charge in [0.15, 0.2) is 0 Å². The van der Waals surface area contributed by atoms with Crippen molar-refractivity contribution in [2.75, 3.05) is 7.11 Å². The number of ether oxygens (including phenoxy) is 2. The van der Waals surface area contributed by atoms with Crippen LogP contribution in [0.4, 0.5) is 4.39 Å². The number of thiophene rings is 2. The second-order valence-electron chi connectivity index (χ2n) is 5.68. The Morgan fingerprint density at radius 2 is 2.15 bits per heavy atom. The standard InChI is InChI=1S/C18H13FN2O4S2/c1-24-7-9-14-10(19)3-2-4-12(14)27-15(9)18(23)25-8-13-20-11-5-6-26-16(11)17(22)21-13/h2-6H,7-8H2,1H3,(H,20,21,22). The van der Waals surface area contributed by atoms with Crippen molar-refractivity contribution >= 4 is 48.9 Å². The van der Waals surface area contributed by atoms with E-state index in [-0.39, 0.29) is 29.5 Å². The molecule has 0 saturated carbocycles. The average Bonchev–Trinajstić information content (AvgIpc) is 3.26. The summed E-state index contributed by atoms with van der Waals surface area (Å²) in [5.41, 5.74) is 0.735. The van der Waals surface area contributed by atoms with Crippen molar-refractivity contribution in [3.63, 3.8) is 0 Å². The summed E-state index contributed by atoms with van der Waals surface area (Å²) < 4.78 is 25.8. The number of hydrogen-bond acceptors (Lipinski definition) is 7. The smallest absolute Gasteiger partial charge is 0.349 e. The molecule has 0 atom stereocenters. The number of aromatic amines is 1. The van der Waals surface area contributed by atoms with E-state index in [9.17, 15) is 14.0 Å². The minimum absolute atomic E-state index is 0.0846. The Kier molecular flexibility index (Phi) is 4.73. The third kappa shape index (κ3) is 3.25. The highest BCUT2D eigenvalue weighted by Crippen LogP contribution is 2.34. The SMILES string of the molecule is COCc1c(C(=O)OCc2nc3ccsc3c(=O)[nH]2)sc2cccc(F)c12. The van der Waals surface area contributed by atoms with Crippen LogP contribution in [0.1, 0.15) is 21.1 Å². The van der Waals surface area contributed by atoms with E-state index in [1.165, 1.54) is 24.5 Å². The van der Waals surface area contributed by atoms with E-state index in [0.717, 1.165) is 11.3 Å². The fourth-order valence-electron chi connectivity index (χ4n) is 2.80. The van der Waals surface area contributed by atoms with Gasteiger partial charge in [0.25, 0.3) is 5.56 Å². The molecule has 3 aromatic heterocycles. The minimum Gasteiger partial charge on any atom is -0.453 e. The quantitative estimate of drug-likeness (QED) is 0.511. The molecule has 3 heterocycles. The van der Waals surface area contributed by atoms with Gasteiger partial charge in [-0.1, -0.05) is 6.07 Å². The highest BCUT2D eigenvalue weighted by molar-refractivity contribution is 7.21. The zero-order valence-corrected chi connectivity index (χ0v) is 15.7. The van der Waals surface area contributed by atoms with Crippen LogP contribution in [-0.2, 0) is 22.7 Å². The zero-order valence-electron chi connectivity index (χ0n) is 14.1. The highest BCUT2D eigenvalue weighted by atomic mass is 32.1. The van der Waals surface area contributed by atoms with Gasteiger partial charge in [-0.2, -0.15) is 0 Å². The Morgan fingerprint density at radius 1 is 1.30 bits per heavy atom. The molecular formula is C18H13FN2O4S2. The third-order valence-corrected chi connectivity index (χ3v) is 6.02. The predicted octanol–water partition coefficient (Wildman–Crippen LogP) is 3.84. The van der Waals surface area contributed by atoms with E-state index in [1.807, 2.05) is 0 Å². The molecule has 0 aliphatic heterocycles. The summed E-state index contributed by atoms with van der Waals surface area (Å²) in [4.78, 5) is 31.7. The maximum absolute atomic E-state index is 14.2. The molecule has 1 aromatic carbocycles. The van der Waals surface area contributed by atoms with Crippen LogP contribution in [0.2, 0.25) is 0 Å². The van der Waals surface area contributed by atoms with Crippen molar-refractivity contribution in [2.45, 2.75) is 13.2 Å². The van der Waals surface area contributed by atoms with Crippen LogP contribution in [0.25, 0.3) is 20.3 Å². The fourth-order valence-corrected chi connectivity index (χ4v) is 4.64. The largest absolute Gasteiger partial charge is 0.453 e. The summed E-state index contributed by atoms with van der Waals surface area (Å²) in [5, 5.41) is 2.13. The first-order chi connectivity index (χ1) is 13.1. The van der Waals surface area contributed by atoms with Gasteiger partial charge in [-0.15, -0.1) is 22.7 Å². The average molecular weight is 404 g/mol. The molecule has 0 radical (unpaired) electrons. The lowest BCUT2D eigenvalue weighted by Crippen LogP contribution is -2.13. The number of carbonyl (C=O) groups excluding carboxylic acids is 1. The highest BCUT2D eigenvalue weighted by Gasteiger charge is 2.22. The molecule has 4 aromatic rings. The third-order valence-electron chi connectivity index (χ3n) is 3.94. The number of halogens is 1. The van der Waals surface area contributed by atoms with Gasteiger partial charge in [0.1, 0.15) is 27.8 Å². The summed E-state index contributed by atoms with van der Waals surface area (Å²) >= 11 is 2.44. The summed E-state index contributed by atoms with van der Waals surface area (Å²) in [6, 6.07) is 6.40. The number of methoxy groups -OCH3 is 1. The van der Waals surface area contributed by atoms with Crippen molar-refractivity contribution in [2.24, 2.45) is 0 Å². The number of H-pyrrole nitrogens is 1. The number of rotatable bonds is 5. The summed E-state index contributed by atoms with van der Waals surface area (Å²) in [5.74, 6) is -0.778. The van der Waals surface area contributed by atoms with Crippen LogP contribution in [-0.4, -0.2) is 23.0 Å². The number of carbonyl (C=O) groups is 1. The Balaban J connectivity index is 1.63. The maximum atomic E-state index is 14.2. The monoisotopic (exact) mass is 404 g/mol. The second-order valence-corrected chi connectivity index (χ2v) is 7.65. The van der Waals surface area contributed by atoms with E-state index < -0.39 is 11.8 Å². The number of fused-ring (bicyclic) bond motifs is 2. The Bertz CT molecular complexity index is 1210. The molecule has 0 spiro atoms. The first-order valence-corrected chi connectivity index (χ1v) is 9.60. The van der Waals surface area contributed by atoms with Gasteiger partial charge in [-0.05, 0) is 23.6 Å². The van der Waals surface area contributed by atoms with Crippen LogP contribution < -0.4 is 5.56 Å². The lowest BCUT2D eigenvalue weighted by atomic mass is 10.1. The molecule has 0 saturated heterocycles. The Labute approximate surface area is 160 Å². The van der Waals surface area contributed by atoms with E-state index >= 15 is 0 Å². The Morgan fingerprint density at radius 3 is 2.96 bits per heavy atom. The first kappa shape index (κ1) is 17.8. The number of aromatic nitrogens is 2. The molecule has 1 N–H and O–H groups in total. The van der Waals surface area contributed by atoms with Crippen molar-refractivity contribution in [1.29, 1.82) is 0 Å². The van der Waals surface area contributed by atoms with Crippen molar-refractivity contribution in [3.05, 3.63) is 62.1 Å². The zero-order chi connectivity index (χ0) is 19.0. The molecule has 0 aliphatic carbocycles. The van der Waals surface area contributed by atoms with Crippen LogP contribution in [0.3, 0.4) is 0 Å². The number of nitrogens with zero attached hydrogens (tertiary/aromatic N) is 1. The summed E-state index contributed by atoms with van der Waals surface area (Å²) in [6.07, 6.45) is 0. The van der Waals surface area contributed by atoms with E-state index in [4.69, 9.17) is 9.47 Å². The maximum Gasteiger partial charge on any atom is 0.349 e. The number of nitrogens with one attached hydrogen (secondary N) is 1. The molecule has 6 nitrogen and oxygen atoms in total. The van der Waals surface area contributed by atoms with Gasteiger partial charge in [0.2, 0.25) is 0 Å². The number of esters is 1. The minimum atomic E-state index is -0.615. The van der Waals surface area contributed by atoms with Crippen LogP contribution in [0, 0.1) is 5.82 Å². The fraction of sp³-hybridized carbons (Fsp3) is 0.167. The molecule has 4 rings (SSSR count). The van der Waals surface area contributed by atoms with Gasteiger partial charge in [-0.3, -0.25) is 4.79 Å². The van der Waals surface area contributed by atoms with Crippen molar-refractivity contribution < 1.29 is 18.7 Å². The molecule has 0 amide bonds. The van der Waals surface area contributed by atoms with E-state index in [0.29, 0.717) is 25.9 Å². The van der Waals surface area contributed by atoms with E-state index in [1.54, 1.807) is 23.6 Å². The molecular weight excluding hydrogens is 391 g/mol. The topological polar surface area (TPSA) is 81.3 Å². The lowest BCUT2D eigenvalue weighted by Gasteiger charge is -2.06. The van der Waals surface area contributed by atoms with Gasteiger partial charge >= 0.3 is 5.97 Å². The van der Waals surface area contributed by atoms with Crippen LogP contribution in [0.15, 0.2) is 34.4 Å². The molecule has 138 valence electrons. The lowest BCUT2D eigenvalue weighted by molar-refractivity contribution is 0.0464. The molecule has 0 fully saturated rings. The molecule has 9 heteroatoms. The predicted molar refractivity (Wildman–Crippen MR) is 102 cm³/mol. The van der Waals surface area contributed by atoms with Gasteiger partial charge < -0.3 is 14.5 Å². The van der Waals surface area contributed by atoms with Crippen LogP contribution >= 0.6 is 22.7 Å².